The number of rotatable bonds is 4. The van der Waals surface area contributed by atoms with Crippen LogP contribution in [0.25, 0.3) is 0 Å². The highest BCUT2D eigenvalue weighted by molar-refractivity contribution is 7.89. The highest BCUT2D eigenvalue weighted by Gasteiger charge is 2.35. The van der Waals surface area contributed by atoms with Gasteiger partial charge in [0.25, 0.3) is 5.69 Å². The molecule has 0 spiro atoms. The van der Waals surface area contributed by atoms with Gasteiger partial charge < -0.3 is 15.6 Å². The van der Waals surface area contributed by atoms with Gasteiger partial charge in [0.1, 0.15) is 4.90 Å². The van der Waals surface area contributed by atoms with Gasteiger partial charge in [-0.05, 0) is 6.07 Å². The quantitative estimate of drug-likeness (QED) is 0.436. The van der Waals surface area contributed by atoms with Crippen molar-refractivity contribution in [1.29, 1.82) is 0 Å². The van der Waals surface area contributed by atoms with Gasteiger partial charge >= 0.3 is 0 Å². The third-order valence-corrected chi connectivity index (χ3v) is 5.19. The second kappa shape index (κ2) is 5.93. The third-order valence-electron chi connectivity index (χ3n) is 3.18. The Hall–Kier alpha value is -1.75. The second-order valence-electron chi connectivity index (χ2n) is 4.51. The van der Waals surface area contributed by atoms with E-state index in [4.69, 9.17) is 10.5 Å². The van der Waals surface area contributed by atoms with Crippen molar-refractivity contribution in [2.45, 2.75) is 10.9 Å². The average Bonchev–Trinajstić information content (AvgIpc) is 2.47. The highest BCUT2D eigenvalue weighted by atomic mass is 32.2. The van der Waals surface area contributed by atoms with E-state index < -0.39 is 27.6 Å². The fourth-order valence-electron chi connectivity index (χ4n) is 2.09. The lowest BCUT2D eigenvalue weighted by Gasteiger charge is -2.33. The van der Waals surface area contributed by atoms with Gasteiger partial charge in [-0.2, -0.15) is 4.31 Å². The molecule has 0 saturated carbocycles. The molecule has 0 aliphatic carbocycles. The molecule has 1 atom stereocenters. The molecule has 0 radical (unpaired) electrons. The lowest BCUT2D eigenvalue weighted by molar-refractivity contribution is -0.385. The van der Waals surface area contributed by atoms with Crippen molar-refractivity contribution in [3.63, 3.8) is 0 Å². The standard InChI is InChI=1S/C11H15N3O6S/c12-10-2-1-8(14(16)17)5-11(10)21(18,19)13-3-4-20-7-9(13)6-15/h1-2,5,9,15H,3-4,6-7,12H2. The molecule has 1 saturated heterocycles. The summed E-state index contributed by atoms with van der Waals surface area (Å²) in [7, 11) is -4.05. The summed E-state index contributed by atoms with van der Waals surface area (Å²) in [6.45, 7) is -0.112. The Morgan fingerprint density at radius 2 is 2.24 bits per heavy atom. The maximum Gasteiger partial charge on any atom is 0.270 e. The maximum absolute atomic E-state index is 12.6. The molecule has 1 aliphatic rings. The first-order valence-electron chi connectivity index (χ1n) is 6.12. The Morgan fingerprint density at radius 3 is 2.86 bits per heavy atom. The molecule has 3 N–H and O–H groups in total. The molecule has 1 heterocycles. The molecule has 1 fully saturated rings. The van der Waals surface area contributed by atoms with Gasteiger partial charge in [0.05, 0.1) is 36.5 Å². The number of aliphatic hydroxyl groups excluding tert-OH is 1. The van der Waals surface area contributed by atoms with E-state index in [0.717, 1.165) is 16.4 Å². The summed E-state index contributed by atoms with van der Waals surface area (Å²) >= 11 is 0. The van der Waals surface area contributed by atoms with Crippen LogP contribution in [0.5, 0.6) is 0 Å². The monoisotopic (exact) mass is 317 g/mol. The van der Waals surface area contributed by atoms with Crippen LogP contribution >= 0.6 is 0 Å². The molecule has 0 aromatic heterocycles. The van der Waals surface area contributed by atoms with Gasteiger partial charge in [0, 0.05) is 18.7 Å². The molecule has 0 bridgehead atoms. The first-order valence-corrected chi connectivity index (χ1v) is 7.56. The van der Waals surface area contributed by atoms with Crippen molar-refractivity contribution in [2.24, 2.45) is 0 Å². The summed E-state index contributed by atoms with van der Waals surface area (Å²) < 4.78 is 31.4. The number of morpholine rings is 1. The largest absolute Gasteiger partial charge is 0.398 e. The fourth-order valence-corrected chi connectivity index (χ4v) is 3.81. The highest BCUT2D eigenvalue weighted by Crippen LogP contribution is 2.28. The van der Waals surface area contributed by atoms with Crippen LogP contribution in [0.4, 0.5) is 11.4 Å². The average molecular weight is 317 g/mol. The van der Waals surface area contributed by atoms with Gasteiger partial charge in [-0.1, -0.05) is 0 Å². The first-order chi connectivity index (χ1) is 9.87. The SMILES string of the molecule is Nc1ccc([N+](=O)[O-])cc1S(=O)(=O)N1CCOCC1CO. The summed E-state index contributed by atoms with van der Waals surface area (Å²) in [5, 5.41) is 20.0. The van der Waals surface area contributed by atoms with Gasteiger partial charge in [0.15, 0.2) is 0 Å². The maximum atomic E-state index is 12.6. The van der Waals surface area contributed by atoms with Crippen molar-refractivity contribution >= 4 is 21.4 Å². The number of hydrogen-bond donors (Lipinski definition) is 2. The lowest BCUT2D eigenvalue weighted by atomic mass is 10.3. The number of nitrogen functional groups attached to an aromatic ring is 1. The normalized spacial score (nSPS) is 20.3. The second-order valence-corrected chi connectivity index (χ2v) is 6.37. The zero-order chi connectivity index (χ0) is 15.6. The minimum atomic E-state index is -4.05. The molecular formula is C11H15N3O6S. The number of nitrogens with two attached hydrogens (primary N) is 1. The summed E-state index contributed by atoms with van der Waals surface area (Å²) in [4.78, 5) is 9.76. The van der Waals surface area contributed by atoms with Crippen LogP contribution in [-0.2, 0) is 14.8 Å². The zero-order valence-electron chi connectivity index (χ0n) is 11.0. The van der Waals surface area contributed by atoms with E-state index in [-0.39, 0.29) is 36.0 Å². The number of nitrogens with zero attached hydrogens (tertiary/aromatic N) is 2. The minimum absolute atomic E-state index is 0.0513. The third kappa shape index (κ3) is 2.97. The number of anilines is 1. The summed E-state index contributed by atoms with van der Waals surface area (Å²) in [6, 6.07) is 2.51. The van der Waals surface area contributed by atoms with E-state index in [1.54, 1.807) is 0 Å². The molecular weight excluding hydrogens is 302 g/mol. The summed E-state index contributed by atoms with van der Waals surface area (Å²) in [5.74, 6) is 0. The number of nitro benzene ring substituents is 1. The molecule has 1 aliphatic heterocycles. The van der Waals surface area contributed by atoms with Crippen molar-refractivity contribution < 1.29 is 23.2 Å². The Kier molecular flexibility index (Phi) is 4.42. The van der Waals surface area contributed by atoms with E-state index in [2.05, 4.69) is 0 Å². The first kappa shape index (κ1) is 15.6. The van der Waals surface area contributed by atoms with Crippen LogP contribution in [-0.4, -0.2) is 55.2 Å². The molecule has 2 rings (SSSR count). The number of non-ortho nitro benzene ring substituents is 1. The fraction of sp³-hybridized carbons (Fsp3) is 0.455. The van der Waals surface area contributed by atoms with Crippen molar-refractivity contribution in [3.8, 4) is 0 Å². The number of benzene rings is 1. The predicted octanol–water partition coefficient (Wildman–Crippen LogP) is -0.441. The summed E-state index contributed by atoms with van der Waals surface area (Å²) in [5.41, 5.74) is 5.20. The smallest absolute Gasteiger partial charge is 0.270 e. The molecule has 1 aromatic rings. The van der Waals surface area contributed by atoms with Crippen molar-refractivity contribution in [3.05, 3.63) is 28.3 Å². The Balaban J connectivity index is 2.47. The van der Waals surface area contributed by atoms with E-state index in [1.165, 1.54) is 6.07 Å². The molecule has 1 unspecified atom stereocenters. The zero-order valence-corrected chi connectivity index (χ0v) is 11.8. The van der Waals surface area contributed by atoms with Crippen LogP contribution in [0.15, 0.2) is 23.1 Å². The topological polar surface area (TPSA) is 136 Å². The molecule has 10 heteroatoms. The van der Waals surface area contributed by atoms with E-state index >= 15 is 0 Å². The van der Waals surface area contributed by atoms with Gasteiger partial charge in [-0.3, -0.25) is 10.1 Å². The molecule has 21 heavy (non-hydrogen) atoms. The minimum Gasteiger partial charge on any atom is -0.398 e. The number of ether oxygens (including phenoxy) is 1. The van der Waals surface area contributed by atoms with Crippen molar-refractivity contribution in [1.82, 2.24) is 4.31 Å². The number of nitro groups is 1. The molecule has 9 nitrogen and oxygen atoms in total. The number of aliphatic hydroxyl groups is 1. The number of hydrogen-bond acceptors (Lipinski definition) is 7. The number of sulfonamides is 1. The van der Waals surface area contributed by atoms with Crippen LogP contribution < -0.4 is 5.73 Å². The van der Waals surface area contributed by atoms with Gasteiger partial charge in [0.2, 0.25) is 10.0 Å². The van der Waals surface area contributed by atoms with Crippen molar-refractivity contribution in [2.75, 3.05) is 32.1 Å². The Bertz CT molecular complexity index is 647. The summed E-state index contributed by atoms with van der Waals surface area (Å²) in [6.07, 6.45) is 0. The van der Waals surface area contributed by atoms with E-state index in [1.807, 2.05) is 0 Å². The van der Waals surface area contributed by atoms with Gasteiger partial charge in [-0.25, -0.2) is 8.42 Å². The lowest BCUT2D eigenvalue weighted by Crippen LogP contribution is -2.50. The van der Waals surface area contributed by atoms with Crippen LogP contribution in [0.1, 0.15) is 0 Å². The van der Waals surface area contributed by atoms with E-state index in [0.29, 0.717) is 0 Å². The van der Waals surface area contributed by atoms with Crippen LogP contribution in [0.3, 0.4) is 0 Å². The predicted molar refractivity (Wildman–Crippen MR) is 73.1 cm³/mol. The Labute approximate surface area is 121 Å². The van der Waals surface area contributed by atoms with Crippen LogP contribution in [0, 0.1) is 10.1 Å². The van der Waals surface area contributed by atoms with Crippen LogP contribution in [0.2, 0.25) is 0 Å². The Morgan fingerprint density at radius 1 is 1.52 bits per heavy atom. The van der Waals surface area contributed by atoms with E-state index in [9.17, 15) is 23.6 Å². The molecule has 116 valence electrons. The van der Waals surface area contributed by atoms with Gasteiger partial charge in [-0.15, -0.1) is 0 Å². The molecule has 0 amide bonds. The molecule has 1 aromatic carbocycles.